The Morgan fingerprint density at radius 3 is 2.48 bits per heavy atom. The zero-order chi connectivity index (χ0) is 18.7. The summed E-state index contributed by atoms with van der Waals surface area (Å²) in [4.78, 5) is 0.307. The Labute approximate surface area is 160 Å². The molecular formula is C20H24N2O4S. The van der Waals surface area contributed by atoms with Crippen LogP contribution in [0.15, 0.2) is 59.5 Å². The van der Waals surface area contributed by atoms with Gasteiger partial charge in [-0.2, -0.15) is 4.31 Å². The maximum absolute atomic E-state index is 13.2. The number of nitrogens with zero attached hydrogens (tertiary/aromatic N) is 1. The van der Waals surface area contributed by atoms with Crippen molar-refractivity contribution in [1.29, 1.82) is 0 Å². The van der Waals surface area contributed by atoms with Crippen molar-refractivity contribution in [3.05, 3.63) is 54.6 Å². The highest BCUT2D eigenvalue weighted by Crippen LogP contribution is 2.27. The number of sulfonamides is 1. The first-order valence-electron chi connectivity index (χ1n) is 9.17. The Bertz CT molecular complexity index is 861. The molecule has 0 radical (unpaired) electrons. The van der Waals surface area contributed by atoms with E-state index >= 15 is 0 Å². The summed E-state index contributed by atoms with van der Waals surface area (Å²) in [6.45, 7) is 3.36. The Balaban J connectivity index is 1.55. The molecule has 1 spiro atoms. The molecule has 144 valence electrons. The van der Waals surface area contributed by atoms with Crippen LogP contribution in [0.25, 0.3) is 11.1 Å². The molecule has 2 aromatic rings. The lowest BCUT2D eigenvalue weighted by Crippen LogP contribution is -2.59. The summed E-state index contributed by atoms with van der Waals surface area (Å²) in [5.41, 5.74) is 1.44. The number of ether oxygens (including phenoxy) is 2. The van der Waals surface area contributed by atoms with Gasteiger partial charge in [0.15, 0.2) is 0 Å². The average Bonchev–Trinajstić information content (AvgIpc) is 2.94. The van der Waals surface area contributed by atoms with E-state index in [1.807, 2.05) is 42.5 Å². The molecule has 2 heterocycles. The first-order valence-corrected chi connectivity index (χ1v) is 10.6. The normalized spacial score (nSPS) is 24.6. The quantitative estimate of drug-likeness (QED) is 0.867. The minimum Gasteiger partial charge on any atom is -0.377 e. The predicted molar refractivity (Wildman–Crippen MR) is 103 cm³/mol. The topological polar surface area (TPSA) is 67.9 Å². The van der Waals surface area contributed by atoms with Crippen LogP contribution in [0.5, 0.6) is 0 Å². The van der Waals surface area contributed by atoms with Gasteiger partial charge in [-0.1, -0.05) is 42.5 Å². The highest BCUT2D eigenvalue weighted by atomic mass is 32.2. The summed E-state index contributed by atoms with van der Waals surface area (Å²) in [7, 11) is -3.58. The Morgan fingerprint density at radius 2 is 1.70 bits per heavy atom. The SMILES string of the molecule is O=S(=O)(c1ccc(-c2ccccc2)cc1)N1CCOC2(CNCCOC2)C1. The van der Waals surface area contributed by atoms with Gasteiger partial charge in [-0.25, -0.2) is 8.42 Å². The zero-order valence-corrected chi connectivity index (χ0v) is 16.0. The van der Waals surface area contributed by atoms with Gasteiger partial charge in [0.25, 0.3) is 0 Å². The maximum Gasteiger partial charge on any atom is 0.243 e. The molecule has 0 saturated carbocycles. The molecular weight excluding hydrogens is 364 g/mol. The zero-order valence-electron chi connectivity index (χ0n) is 15.1. The van der Waals surface area contributed by atoms with Crippen molar-refractivity contribution < 1.29 is 17.9 Å². The van der Waals surface area contributed by atoms with Crippen molar-refractivity contribution in [3.63, 3.8) is 0 Å². The molecule has 0 aliphatic carbocycles. The van der Waals surface area contributed by atoms with Crippen molar-refractivity contribution in [1.82, 2.24) is 9.62 Å². The van der Waals surface area contributed by atoms with E-state index in [9.17, 15) is 8.42 Å². The molecule has 1 unspecified atom stereocenters. The van der Waals surface area contributed by atoms with Crippen molar-refractivity contribution in [2.45, 2.75) is 10.5 Å². The predicted octanol–water partition coefficient (Wildman–Crippen LogP) is 1.73. The molecule has 6 nitrogen and oxygen atoms in total. The largest absolute Gasteiger partial charge is 0.377 e. The van der Waals surface area contributed by atoms with E-state index in [0.29, 0.717) is 44.4 Å². The van der Waals surface area contributed by atoms with Crippen molar-refractivity contribution in [3.8, 4) is 11.1 Å². The van der Waals surface area contributed by atoms with Crippen LogP contribution in [0, 0.1) is 0 Å². The van der Waals surface area contributed by atoms with E-state index in [-0.39, 0.29) is 0 Å². The van der Waals surface area contributed by atoms with E-state index in [2.05, 4.69) is 5.32 Å². The highest BCUT2D eigenvalue weighted by Gasteiger charge is 2.42. The van der Waals surface area contributed by atoms with Crippen LogP contribution in [-0.2, 0) is 19.5 Å². The van der Waals surface area contributed by atoms with Crippen LogP contribution in [0.1, 0.15) is 0 Å². The molecule has 1 N–H and O–H groups in total. The lowest BCUT2D eigenvalue weighted by atomic mass is 10.0. The van der Waals surface area contributed by atoms with Crippen molar-refractivity contribution in [2.24, 2.45) is 0 Å². The van der Waals surface area contributed by atoms with Gasteiger partial charge in [0.2, 0.25) is 10.0 Å². The molecule has 2 fully saturated rings. The van der Waals surface area contributed by atoms with Gasteiger partial charge in [0.1, 0.15) is 5.60 Å². The summed E-state index contributed by atoms with van der Waals surface area (Å²) in [5, 5.41) is 3.27. The number of benzene rings is 2. The van der Waals surface area contributed by atoms with Gasteiger partial charge in [-0.3, -0.25) is 0 Å². The Morgan fingerprint density at radius 1 is 0.963 bits per heavy atom. The van der Waals surface area contributed by atoms with Crippen LogP contribution >= 0.6 is 0 Å². The summed E-state index contributed by atoms with van der Waals surface area (Å²) < 4.78 is 39.4. The number of hydrogen-bond acceptors (Lipinski definition) is 5. The minimum atomic E-state index is -3.58. The standard InChI is InChI=1S/C20H24N2O4S/c23-27(24,19-8-6-18(7-9-19)17-4-2-1-3-5-17)22-11-13-26-20(15-22)14-21-10-12-25-16-20/h1-9,21H,10-16H2. The first-order chi connectivity index (χ1) is 13.1. The minimum absolute atomic E-state index is 0.294. The van der Waals surface area contributed by atoms with Gasteiger partial charge >= 0.3 is 0 Å². The summed E-state index contributed by atoms with van der Waals surface area (Å²) in [6, 6.07) is 17.0. The van der Waals surface area contributed by atoms with Gasteiger partial charge in [0, 0.05) is 26.2 Å². The molecule has 2 aliphatic heterocycles. The smallest absolute Gasteiger partial charge is 0.243 e. The van der Waals surface area contributed by atoms with Crippen LogP contribution in [-0.4, -0.2) is 64.3 Å². The third-order valence-corrected chi connectivity index (χ3v) is 6.91. The second-order valence-corrected chi connectivity index (χ2v) is 8.93. The third kappa shape index (κ3) is 3.93. The second kappa shape index (κ2) is 7.69. The molecule has 0 bridgehead atoms. The molecule has 0 aromatic heterocycles. The molecule has 0 amide bonds. The lowest BCUT2D eigenvalue weighted by Gasteiger charge is -2.41. The molecule has 7 heteroatoms. The van der Waals surface area contributed by atoms with Gasteiger partial charge in [-0.15, -0.1) is 0 Å². The molecule has 1 atom stereocenters. The number of hydrogen-bond donors (Lipinski definition) is 1. The fourth-order valence-electron chi connectivity index (χ4n) is 3.58. The molecule has 2 saturated heterocycles. The summed E-state index contributed by atoms with van der Waals surface area (Å²) >= 11 is 0. The molecule has 4 rings (SSSR count). The van der Waals surface area contributed by atoms with Crippen LogP contribution < -0.4 is 5.32 Å². The molecule has 2 aliphatic rings. The van der Waals surface area contributed by atoms with Gasteiger partial charge < -0.3 is 14.8 Å². The fraction of sp³-hybridized carbons (Fsp3) is 0.400. The van der Waals surface area contributed by atoms with E-state index in [0.717, 1.165) is 17.7 Å². The number of rotatable bonds is 3. The van der Waals surface area contributed by atoms with Crippen LogP contribution in [0.2, 0.25) is 0 Å². The Hall–Kier alpha value is -1.77. The van der Waals surface area contributed by atoms with Crippen molar-refractivity contribution >= 4 is 10.0 Å². The number of morpholine rings is 1. The summed E-state index contributed by atoms with van der Waals surface area (Å²) in [5.74, 6) is 0. The van der Waals surface area contributed by atoms with Gasteiger partial charge in [0.05, 0.1) is 24.7 Å². The van der Waals surface area contributed by atoms with E-state index in [1.54, 1.807) is 12.1 Å². The Kier molecular flexibility index (Phi) is 5.29. The van der Waals surface area contributed by atoms with Crippen molar-refractivity contribution in [2.75, 3.05) is 46.0 Å². The number of nitrogens with one attached hydrogen (secondary N) is 1. The van der Waals surface area contributed by atoms with Crippen LogP contribution in [0.4, 0.5) is 0 Å². The highest BCUT2D eigenvalue weighted by molar-refractivity contribution is 7.89. The molecule has 27 heavy (non-hydrogen) atoms. The first kappa shape index (κ1) is 18.6. The lowest BCUT2D eigenvalue weighted by molar-refractivity contribution is -0.118. The van der Waals surface area contributed by atoms with Crippen LogP contribution in [0.3, 0.4) is 0 Å². The molecule has 2 aromatic carbocycles. The van der Waals surface area contributed by atoms with Gasteiger partial charge in [-0.05, 0) is 23.3 Å². The maximum atomic E-state index is 13.2. The fourth-order valence-corrected chi connectivity index (χ4v) is 5.08. The van der Waals surface area contributed by atoms with E-state index in [1.165, 1.54) is 4.31 Å². The monoisotopic (exact) mass is 388 g/mol. The van der Waals surface area contributed by atoms with E-state index < -0.39 is 15.6 Å². The second-order valence-electron chi connectivity index (χ2n) is 6.99. The third-order valence-electron chi connectivity index (χ3n) is 5.05. The summed E-state index contributed by atoms with van der Waals surface area (Å²) in [6.07, 6.45) is 0. The average molecular weight is 388 g/mol. The van der Waals surface area contributed by atoms with E-state index in [4.69, 9.17) is 9.47 Å².